The number of ether oxygens (including phenoxy) is 1. The maximum absolute atomic E-state index is 13.1. The predicted molar refractivity (Wildman–Crippen MR) is 111 cm³/mol. The van der Waals surface area contributed by atoms with E-state index in [1.165, 1.54) is 24.5 Å². The molecule has 0 atom stereocenters. The Morgan fingerprint density at radius 2 is 1.81 bits per heavy atom. The number of anilines is 1. The largest absolute Gasteiger partial charge is 0.457 e. The fraction of sp³-hybridized carbons (Fsp3) is 0.0476. The van der Waals surface area contributed by atoms with E-state index in [2.05, 4.69) is 15.8 Å². The number of carbonyl (C=O) groups is 3. The number of esters is 1. The summed E-state index contributed by atoms with van der Waals surface area (Å²) in [4.78, 5) is 35.7. The zero-order valence-corrected chi connectivity index (χ0v) is 16.8. The molecule has 2 aromatic carbocycles. The molecule has 8 nitrogen and oxygen atoms in total. The third kappa shape index (κ3) is 5.77. The highest BCUT2D eigenvalue weighted by atomic mass is 35.5. The van der Waals surface area contributed by atoms with E-state index in [0.29, 0.717) is 17.0 Å². The molecule has 31 heavy (non-hydrogen) atoms. The minimum absolute atomic E-state index is 0.0747. The number of nitrogens with zero attached hydrogens (tertiary/aromatic N) is 1. The van der Waals surface area contributed by atoms with Crippen LogP contribution in [0.5, 0.6) is 5.75 Å². The monoisotopic (exact) mass is 443 g/mol. The van der Waals surface area contributed by atoms with Gasteiger partial charge in [0.05, 0.1) is 17.0 Å². The number of furan rings is 1. The molecule has 0 spiro atoms. The molecule has 158 valence electrons. The Balaban J connectivity index is 1.56. The van der Waals surface area contributed by atoms with Crippen molar-refractivity contribution in [3.63, 3.8) is 0 Å². The van der Waals surface area contributed by atoms with Crippen LogP contribution < -0.4 is 15.5 Å². The van der Waals surface area contributed by atoms with Crippen molar-refractivity contribution in [2.45, 2.75) is 6.92 Å². The SMILES string of the molecule is C/C(=N\NC(=O)C(=O)Nc1ccc(F)c(Cl)c1)c1ccc(OC(=O)c2ccco2)cc1. The zero-order chi connectivity index (χ0) is 22.4. The van der Waals surface area contributed by atoms with Crippen LogP contribution >= 0.6 is 11.6 Å². The summed E-state index contributed by atoms with van der Waals surface area (Å²) in [6.45, 7) is 1.61. The molecule has 0 bridgehead atoms. The third-order valence-electron chi connectivity index (χ3n) is 3.91. The van der Waals surface area contributed by atoms with Crippen LogP contribution in [-0.4, -0.2) is 23.5 Å². The number of amides is 2. The highest BCUT2D eigenvalue weighted by Crippen LogP contribution is 2.19. The molecular weight excluding hydrogens is 429 g/mol. The summed E-state index contributed by atoms with van der Waals surface area (Å²) in [5.74, 6) is -2.94. The van der Waals surface area contributed by atoms with Gasteiger partial charge >= 0.3 is 17.8 Å². The van der Waals surface area contributed by atoms with Crippen LogP contribution in [0, 0.1) is 5.82 Å². The predicted octanol–water partition coefficient (Wildman–Crippen LogP) is 3.77. The van der Waals surface area contributed by atoms with Crippen LogP contribution in [0.2, 0.25) is 5.02 Å². The molecular formula is C21H15ClFN3O5. The number of halogens is 2. The van der Waals surface area contributed by atoms with Crippen molar-refractivity contribution in [3.8, 4) is 5.75 Å². The minimum Gasteiger partial charge on any atom is -0.457 e. The number of nitrogens with one attached hydrogen (secondary N) is 2. The van der Waals surface area contributed by atoms with Gasteiger partial charge in [0.2, 0.25) is 5.76 Å². The number of benzene rings is 2. The second-order valence-electron chi connectivity index (χ2n) is 6.11. The van der Waals surface area contributed by atoms with Gasteiger partial charge in [0.25, 0.3) is 0 Å². The highest BCUT2D eigenvalue weighted by Gasteiger charge is 2.15. The summed E-state index contributed by atoms with van der Waals surface area (Å²) in [7, 11) is 0. The topological polar surface area (TPSA) is 110 Å². The summed E-state index contributed by atoms with van der Waals surface area (Å²) in [6.07, 6.45) is 1.36. The Kier molecular flexibility index (Phi) is 6.78. The third-order valence-corrected chi connectivity index (χ3v) is 4.20. The minimum atomic E-state index is -1.02. The van der Waals surface area contributed by atoms with E-state index in [0.717, 1.165) is 6.07 Å². The van der Waals surface area contributed by atoms with Gasteiger partial charge in [-0.15, -0.1) is 0 Å². The molecule has 0 saturated carbocycles. The molecule has 0 radical (unpaired) electrons. The van der Waals surface area contributed by atoms with Crippen molar-refractivity contribution in [1.29, 1.82) is 0 Å². The summed E-state index contributed by atoms with van der Waals surface area (Å²) in [6, 6.07) is 12.9. The molecule has 0 aliphatic rings. The van der Waals surface area contributed by atoms with Crippen LogP contribution in [0.3, 0.4) is 0 Å². The lowest BCUT2D eigenvalue weighted by Crippen LogP contribution is -2.32. The van der Waals surface area contributed by atoms with Gasteiger partial charge in [-0.05, 0) is 67.1 Å². The molecule has 0 aliphatic heterocycles. The van der Waals surface area contributed by atoms with Crippen molar-refractivity contribution in [2.75, 3.05) is 5.32 Å². The molecule has 3 aromatic rings. The van der Waals surface area contributed by atoms with Crippen molar-refractivity contribution < 1.29 is 27.9 Å². The Morgan fingerprint density at radius 3 is 2.45 bits per heavy atom. The Morgan fingerprint density at radius 1 is 1.06 bits per heavy atom. The normalized spacial score (nSPS) is 11.0. The Bertz CT molecular complexity index is 1140. The molecule has 10 heteroatoms. The lowest BCUT2D eigenvalue weighted by Gasteiger charge is -2.06. The quantitative estimate of drug-likeness (QED) is 0.205. The smallest absolute Gasteiger partial charge is 0.379 e. The van der Waals surface area contributed by atoms with E-state index in [1.54, 1.807) is 37.3 Å². The van der Waals surface area contributed by atoms with E-state index >= 15 is 0 Å². The summed E-state index contributed by atoms with van der Waals surface area (Å²) in [5, 5.41) is 5.96. The van der Waals surface area contributed by atoms with Crippen LogP contribution in [-0.2, 0) is 9.59 Å². The van der Waals surface area contributed by atoms with Gasteiger partial charge < -0.3 is 14.5 Å². The Hall–Kier alpha value is -3.98. The van der Waals surface area contributed by atoms with Crippen LogP contribution in [0.1, 0.15) is 23.0 Å². The van der Waals surface area contributed by atoms with Crippen molar-refractivity contribution in [3.05, 3.63) is 83.0 Å². The molecule has 2 amide bonds. The summed E-state index contributed by atoms with van der Waals surface area (Å²) >= 11 is 5.63. The molecule has 0 unspecified atom stereocenters. The first-order valence-corrected chi connectivity index (χ1v) is 9.18. The standard InChI is InChI=1S/C21H15ClFN3O5/c1-12(13-4-7-15(8-5-13)31-21(29)18-3-2-10-30-18)25-26-20(28)19(27)24-14-6-9-17(23)16(22)11-14/h2-11H,1H3,(H,24,27)(H,26,28)/b25-12+. The second kappa shape index (κ2) is 9.68. The summed E-state index contributed by atoms with van der Waals surface area (Å²) in [5.41, 5.74) is 3.30. The van der Waals surface area contributed by atoms with Gasteiger partial charge in [0, 0.05) is 5.69 Å². The highest BCUT2D eigenvalue weighted by molar-refractivity contribution is 6.40. The maximum Gasteiger partial charge on any atom is 0.379 e. The van der Waals surface area contributed by atoms with Crippen molar-refractivity contribution in [1.82, 2.24) is 5.43 Å². The zero-order valence-electron chi connectivity index (χ0n) is 16.0. The van der Waals surface area contributed by atoms with Gasteiger partial charge in [0.15, 0.2) is 0 Å². The fourth-order valence-electron chi connectivity index (χ4n) is 2.33. The average Bonchev–Trinajstić information content (AvgIpc) is 3.30. The number of hydrazone groups is 1. The fourth-order valence-corrected chi connectivity index (χ4v) is 2.51. The van der Waals surface area contributed by atoms with E-state index in [4.69, 9.17) is 20.8 Å². The molecule has 1 heterocycles. The average molecular weight is 444 g/mol. The molecule has 0 saturated heterocycles. The van der Waals surface area contributed by atoms with Crippen LogP contribution in [0.4, 0.5) is 10.1 Å². The molecule has 1 aromatic heterocycles. The lowest BCUT2D eigenvalue weighted by molar-refractivity contribution is -0.136. The van der Waals surface area contributed by atoms with Crippen molar-refractivity contribution >= 4 is 40.8 Å². The second-order valence-corrected chi connectivity index (χ2v) is 6.52. The van der Waals surface area contributed by atoms with E-state index in [1.807, 2.05) is 0 Å². The van der Waals surface area contributed by atoms with E-state index in [9.17, 15) is 18.8 Å². The first-order valence-electron chi connectivity index (χ1n) is 8.80. The van der Waals surface area contributed by atoms with Gasteiger partial charge in [-0.2, -0.15) is 5.10 Å². The Labute approximate surface area is 180 Å². The van der Waals surface area contributed by atoms with E-state index in [-0.39, 0.29) is 16.5 Å². The first-order chi connectivity index (χ1) is 14.8. The van der Waals surface area contributed by atoms with Crippen LogP contribution in [0.15, 0.2) is 70.4 Å². The molecule has 2 N–H and O–H groups in total. The number of rotatable bonds is 5. The molecule has 0 fully saturated rings. The first kappa shape index (κ1) is 21.7. The number of hydrogen-bond donors (Lipinski definition) is 2. The van der Waals surface area contributed by atoms with Gasteiger partial charge in [-0.3, -0.25) is 9.59 Å². The summed E-state index contributed by atoms with van der Waals surface area (Å²) < 4.78 is 23.3. The number of carbonyl (C=O) groups excluding carboxylic acids is 3. The van der Waals surface area contributed by atoms with Crippen LogP contribution in [0.25, 0.3) is 0 Å². The maximum atomic E-state index is 13.1. The van der Waals surface area contributed by atoms with Gasteiger partial charge in [0.1, 0.15) is 11.6 Å². The molecule has 0 aliphatic carbocycles. The number of hydrogen-bond acceptors (Lipinski definition) is 6. The van der Waals surface area contributed by atoms with Crippen molar-refractivity contribution in [2.24, 2.45) is 5.10 Å². The lowest BCUT2D eigenvalue weighted by atomic mass is 10.1. The van der Waals surface area contributed by atoms with Gasteiger partial charge in [-0.25, -0.2) is 14.6 Å². The molecule has 3 rings (SSSR count). The van der Waals surface area contributed by atoms with Gasteiger partial charge in [-0.1, -0.05) is 11.6 Å². The van der Waals surface area contributed by atoms with E-state index < -0.39 is 23.6 Å².